The highest BCUT2D eigenvalue weighted by atomic mass is 16.5. The van der Waals surface area contributed by atoms with Gasteiger partial charge in [-0.2, -0.15) is 0 Å². The van der Waals surface area contributed by atoms with Crippen molar-refractivity contribution in [2.24, 2.45) is 0 Å². The molecule has 5 nitrogen and oxygen atoms in total. The van der Waals surface area contributed by atoms with Gasteiger partial charge < -0.3 is 14.7 Å². The Labute approximate surface area is 116 Å². The van der Waals surface area contributed by atoms with Crippen molar-refractivity contribution >= 4 is 0 Å². The first-order chi connectivity index (χ1) is 9.11. The minimum absolute atomic E-state index is 0.793. The van der Waals surface area contributed by atoms with Crippen LogP contribution in [0.25, 0.3) is 0 Å². The Balaban J connectivity index is 2.24. The third kappa shape index (κ3) is 7.30. The Kier molecular flexibility index (Phi) is 7.70. The van der Waals surface area contributed by atoms with Crippen molar-refractivity contribution in [2.75, 3.05) is 40.8 Å². The molecule has 0 unspecified atom stereocenters. The van der Waals surface area contributed by atoms with E-state index in [1.54, 1.807) is 0 Å². The van der Waals surface area contributed by atoms with E-state index in [4.69, 9.17) is 4.52 Å². The molecule has 5 heteroatoms. The number of nitrogens with one attached hydrogen (secondary N) is 1. The summed E-state index contributed by atoms with van der Waals surface area (Å²) in [4.78, 5) is 4.48. The molecule has 1 aromatic rings. The Bertz CT molecular complexity index is 338. The maximum absolute atomic E-state index is 5.35. The van der Waals surface area contributed by atoms with Crippen LogP contribution in [0.3, 0.4) is 0 Å². The largest absolute Gasteiger partial charge is 0.360 e. The maximum Gasteiger partial charge on any atom is 0.151 e. The molecule has 0 fully saturated rings. The minimum atomic E-state index is 0.793. The van der Waals surface area contributed by atoms with Crippen LogP contribution >= 0.6 is 0 Å². The second-order valence-electron chi connectivity index (χ2n) is 5.36. The summed E-state index contributed by atoms with van der Waals surface area (Å²) in [5.74, 6) is 0.945. The molecule has 0 aliphatic rings. The lowest BCUT2D eigenvalue weighted by Gasteiger charge is -2.16. The molecular weight excluding hydrogens is 240 g/mol. The van der Waals surface area contributed by atoms with E-state index < -0.39 is 0 Å². The molecule has 0 spiro atoms. The molecule has 110 valence electrons. The van der Waals surface area contributed by atoms with Crippen LogP contribution < -0.4 is 5.32 Å². The normalized spacial score (nSPS) is 11.7. The molecule has 0 saturated carbocycles. The number of rotatable bonds is 10. The number of hydrogen-bond donors (Lipinski definition) is 1. The van der Waals surface area contributed by atoms with Gasteiger partial charge in [0.15, 0.2) is 5.76 Å². The smallest absolute Gasteiger partial charge is 0.151 e. The predicted molar refractivity (Wildman–Crippen MR) is 78.0 cm³/mol. The summed E-state index contributed by atoms with van der Waals surface area (Å²) in [6.45, 7) is 6.99. The molecule has 0 aliphatic heterocycles. The van der Waals surface area contributed by atoms with Crippen LogP contribution in [-0.2, 0) is 13.1 Å². The van der Waals surface area contributed by atoms with Crippen LogP contribution in [0.4, 0.5) is 0 Å². The molecule has 0 aliphatic carbocycles. The maximum atomic E-state index is 5.35. The predicted octanol–water partition coefficient (Wildman–Crippen LogP) is 1.56. The second-order valence-corrected chi connectivity index (χ2v) is 5.36. The van der Waals surface area contributed by atoms with Gasteiger partial charge in [0.1, 0.15) is 0 Å². The molecule has 0 radical (unpaired) electrons. The Morgan fingerprint density at radius 1 is 1.26 bits per heavy atom. The highest BCUT2D eigenvalue weighted by molar-refractivity contribution is 5.04. The van der Waals surface area contributed by atoms with E-state index in [0.717, 1.165) is 50.6 Å². The molecule has 1 heterocycles. The van der Waals surface area contributed by atoms with Gasteiger partial charge in [0.2, 0.25) is 0 Å². The molecule has 0 atom stereocenters. The lowest BCUT2D eigenvalue weighted by molar-refractivity contribution is 0.257. The van der Waals surface area contributed by atoms with Gasteiger partial charge in [-0.15, -0.1) is 0 Å². The standard InChI is InChI=1S/C14H28N4O/c1-5-7-15-11-13-10-14(19-16-13)12-18(4)9-6-8-17(2)3/h10,15H,5-9,11-12H2,1-4H3. The van der Waals surface area contributed by atoms with Crippen molar-refractivity contribution in [3.05, 3.63) is 17.5 Å². The summed E-state index contributed by atoms with van der Waals surface area (Å²) in [5, 5.41) is 7.40. The van der Waals surface area contributed by atoms with Crippen LogP contribution in [0, 0.1) is 0 Å². The molecule has 1 aromatic heterocycles. The van der Waals surface area contributed by atoms with Gasteiger partial charge in [0, 0.05) is 12.6 Å². The van der Waals surface area contributed by atoms with Crippen molar-refractivity contribution in [3.8, 4) is 0 Å². The lowest BCUT2D eigenvalue weighted by Crippen LogP contribution is -2.23. The van der Waals surface area contributed by atoms with Gasteiger partial charge in [-0.25, -0.2) is 0 Å². The summed E-state index contributed by atoms with van der Waals surface area (Å²) in [7, 11) is 6.32. The zero-order chi connectivity index (χ0) is 14.1. The molecule has 0 saturated heterocycles. The molecule has 1 N–H and O–H groups in total. The zero-order valence-corrected chi connectivity index (χ0v) is 12.8. The van der Waals surface area contributed by atoms with E-state index in [1.807, 2.05) is 6.07 Å². The number of hydrogen-bond acceptors (Lipinski definition) is 5. The molecule has 1 rings (SSSR count). The van der Waals surface area contributed by atoms with E-state index in [1.165, 1.54) is 6.42 Å². The van der Waals surface area contributed by atoms with Gasteiger partial charge in [-0.3, -0.25) is 4.90 Å². The van der Waals surface area contributed by atoms with Gasteiger partial charge >= 0.3 is 0 Å². The van der Waals surface area contributed by atoms with Crippen LogP contribution in [0.15, 0.2) is 10.6 Å². The summed E-state index contributed by atoms with van der Waals surface area (Å²) in [6, 6.07) is 2.05. The first kappa shape index (κ1) is 16.1. The molecule has 0 amide bonds. The third-order valence-corrected chi connectivity index (χ3v) is 2.91. The van der Waals surface area contributed by atoms with Crippen LogP contribution in [0.2, 0.25) is 0 Å². The Morgan fingerprint density at radius 2 is 2.05 bits per heavy atom. The van der Waals surface area contributed by atoms with Gasteiger partial charge in [0.25, 0.3) is 0 Å². The van der Waals surface area contributed by atoms with Crippen molar-refractivity contribution in [3.63, 3.8) is 0 Å². The fraction of sp³-hybridized carbons (Fsp3) is 0.786. The summed E-state index contributed by atoms with van der Waals surface area (Å²) >= 11 is 0. The second kappa shape index (κ2) is 9.07. The first-order valence-corrected chi connectivity index (χ1v) is 7.10. The average molecular weight is 268 g/mol. The minimum Gasteiger partial charge on any atom is -0.360 e. The Hall–Kier alpha value is -0.910. The third-order valence-electron chi connectivity index (χ3n) is 2.91. The molecule has 0 aromatic carbocycles. The topological polar surface area (TPSA) is 44.5 Å². The van der Waals surface area contributed by atoms with Crippen LogP contribution in [0.5, 0.6) is 0 Å². The molecular formula is C14H28N4O. The summed E-state index contributed by atoms with van der Waals surface area (Å²) in [5.41, 5.74) is 0.991. The quantitative estimate of drug-likeness (QED) is 0.652. The highest BCUT2D eigenvalue weighted by Gasteiger charge is 2.07. The fourth-order valence-electron chi connectivity index (χ4n) is 1.91. The van der Waals surface area contributed by atoms with Crippen LogP contribution in [0.1, 0.15) is 31.2 Å². The number of aromatic nitrogens is 1. The highest BCUT2D eigenvalue weighted by Crippen LogP contribution is 2.06. The van der Waals surface area contributed by atoms with Crippen molar-refractivity contribution < 1.29 is 4.52 Å². The first-order valence-electron chi connectivity index (χ1n) is 7.10. The lowest BCUT2D eigenvalue weighted by atomic mass is 10.3. The summed E-state index contributed by atoms with van der Waals surface area (Å²) in [6.07, 6.45) is 2.31. The van der Waals surface area contributed by atoms with E-state index in [-0.39, 0.29) is 0 Å². The zero-order valence-electron chi connectivity index (χ0n) is 12.8. The van der Waals surface area contributed by atoms with Crippen LogP contribution in [-0.4, -0.2) is 55.7 Å². The Morgan fingerprint density at radius 3 is 2.74 bits per heavy atom. The van der Waals surface area contributed by atoms with Gasteiger partial charge in [-0.1, -0.05) is 12.1 Å². The monoisotopic (exact) mass is 268 g/mol. The van der Waals surface area contributed by atoms with Gasteiger partial charge in [-0.05, 0) is 53.6 Å². The SMILES string of the molecule is CCCNCc1cc(CN(C)CCCN(C)C)on1. The van der Waals surface area contributed by atoms with Crippen molar-refractivity contribution in [2.45, 2.75) is 32.9 Å². The molecule has 19 heavy (non-hydrogen) atoms. The van der Waals surface area contributed by atoms with E-state index in [9.17, 15) is 0 Å². The van der Waals surface area contributed by atoms with Gasteiger partial charge in [0.05, 0.1) is 12.2 Å². The fourth-order valence-corrected chi connectivity index (χ4v) is 1.91. The average Bonchev–Trinajstić information content (AvgIpc) is 2.76. The number of nitrogens with zero attached hydrogens (tertiary/aromatic N) is 3. The van der Waals surface area contributed by atoms with E-state index in [2.05, 4.69) is 48.3 Å². The summed E-state index contributed by atoms with van der Waals surface area (Å²) < 4.78 is 5.35. The van der Waals surface area contributed by atoms with Crippen molar-refractivity contribution in [1.82, 2.24) is 20.3 Å². The molecule has 0 bridgehead atoms. The van der Waals surface area contributed by atoms with E-state index in [0.29, 0.717) is 0 Å². The van der Waals surface area contributed by atoms with Crippen molar-refractivity contribution in [1.29, 1.82) is 0 Å². The van der Waals surface area contributed by atoms with E-state index >= 15 is 0 Å².